The summed E-state index contributed by atoms with van der Waals surface area (Å²) in [5.41, 5.74) is 5.57. The largest absolute Gasteiger partial charge is 0.416 e. The molecule has 3 N–H and O–H groups in total. The van der Waals surface area contributed by atoms with Crippen molar-refractivity contribution in [3.05, 3.63) is 58.6 Å². The van der Waals surface area contributed by atoms with Gasteiger partial charge >= 0.3 is 6.18 Å². The second-order valence-electron chi connectivity index (χ2n) is 4.30. The van der Waals surface area contributed by atoms with Crippen molar-refractivity contribution in [2.45, 2.75) is 6.18 Å². The Balaban J connectivity index is 2.16. The lowest BCUT2D eigenvalue weighted by molar-refractivity contribution is -0.137. The van der Waals surface area contributed by atoms with Crippen molar-refractivity contribution >= 4 is 28.9 Å². The summed E-state index contributed by atoms with van der Waals surface area (Å²) in [5.74, 6) is -0.510. The number of carbonyl (C=O) groups excluding carboxylic acids is 1. The fourth-order valence-electron chi connectivity index (χ4n) is 1.69. The van der Waals surface area contributed by atoms with E-state index < -0.39 is 17.6 Å². The minimum Gasteiger partial charge on any atom is -0.399 e. The maximum Gasteiger partial charge on any atom is 0.416 e. The van der Waals surface area contributed by atoms with Crippen LogP contribution in [0.25, 0.3) is 0 Å². The Kier molecular flexibility index (Phi) is 4.09. The molecule has 21 heavy (non-hydrogen) atoms. The smallest absolute Gasteiger partial charge is 0.399 e. The monoisotopic (exact) mass is 314 g/mol. The van der Waals surface area contributed by atoms with Gasteiger partial charge in [0.15, 0.2) is 0 Å². The lowest BCUT2D eigenvalue weighted by Gasteiger charge is -2.09. The lowest BCUT2D eigenvalue weighted by atomic mass is 10.1. The molecule has 0 fully saturated rings. The normalized spacial score (nSPS) is 11.2. The van der Waals surface area contributed by atoms with Crippen molar-refractivity contribution in [2.24, 2.45) is 0 Å². The average molecular weight is 315 g/mol. The van der Waals surface area contributed by atoms with Crippen LogP contribution in [-0.2, 0) is 6.18 Å². The van der Waals surface area contributed by atoms with Gasteiger partial charge in [0.25, 0.3) is 5.91 Å². The number of nitrogen functional groups attached to an aromatic ring is 1. The van der Waals surface area contributed by atoms with Crippen LogP contribution in [0.15, 0.2) is 42.5 Å². The number of hydrogen-bond donors (Lipinski definition) is 2. The first-order chi connectivity index (χ1) is 9.75. The second-order valence-corrected chi connectivity index (χ2v) is 4.74. The molecule has 0 spiro atoms. The summed E-state index contributed by atoms with van der Waals surface area (Å²) >= 11 is 5.78. The second kappa shape index (κ2) is 5.65. The molecule has 7 heteroatoms. The Bertz CT molecular complexity index is 649. The van der Waals surface area contributed by atoms with Gasteiger partial charge in [-0.05, 0) is 42.5 Å². The van der Waals surface area contributed by atoms with Crippen molar-refractivity contribution in [3.8, 4) is 0 Å². The number of hydrogen-bond acceptors (Lipinski definition) is 2. The van der Waals surface area contributed by atoms with Crippen LogP contribution in [0.1, 0.15) is 15.9 Å². The van der Waals surface area contributed by atoms with Crippen molar-refractivity contribution in [1.82, 2.24) is 0 Å². The van der Waals surface area contributed by atoms with Crippen LogP contribution in [0.5, 0.6) is 0 Å². The number of anilines is 2. The highest BCUT2D eigenvalue weighted by molar-refractivity contribution is 6.31. The molecule has 2 aromatic carbocycles. The Morgan fingerprint density at radius 2 is 1.71 bits per heavy atom. The molecule has 2 aromatic rings. The number of benzene rings is 2. The zero-order chi connectivity index (χ0) is 15.6. The van der Waals surface area contributed by atoms with Gasteiger partial charge in [-0.1, -0.05) is 11.6 Å². The topological polar surface area (TPSA) is 55.1 Å². The molecule has 0 aliphatic rings. The minimum absolute atomic E-state index is 0.222. The summed E-state index contributed by atoms with van der Waals surface area (Å²) in [6, 6.07) is 8.45. The molecular formula is C14H10ClF3N2O. The highest BCUT2D eigenvalue weighted by Gasteiger charge is 2.29. The van der Waals surface area contributed by atoms with E-state index in [0.717, 1.165) is 12.1 Å². The maximum atomic E-state index is 12.4. The Morgan fingerprint density at radius 3 is 2.24 bits per heavy atom. The highest BCUT2D eigenvalue weighted by Crippen LogP contribution is 2.30. The molecule has 0 aliphatic carbocycles. The van der Waals surface area contributed by atoms with Crippen molar-refractivity contribution in [1.29, 1.82) is 0 Å². The predicted octanol–water partition coefficient (Wildman–Crippen LogP) is 4.19. The summed E-state index contributed by atoms with van der Waals surface area (Å²) in [6.45, 7) is 0. The molecule has 0 radical (unpaired) electrons. The van der Waals surface area contributed by atoms with Crippen LogP contribution in [0.3, 0.4) is 0 Å². The molecule has 0 bridgehead atoms. The van der Waals surface area contributed by atoms with E-state index >= 15 is 0 Å². The quantitative estimate of drug-likeness (QED) is 0.816. The van der Waals surface area contributed by atoms with Crippen LogP contribution < -0.4 is 11.1 Å². The lowest BCUT2D eigenvalue weighted by Crippen LogP contribution is -2.12. The van der Waals surface area contributed by atoms with E-state index in [4.69, 9.17) is 17.3 Å². The Hall–Kier alpha value is -2.21. The van der Waals surface area contributed by atoms with Gasteiger partial charge in [0.05, 0.1) is 5.56 Å². The predicted molar refractivity (Wildman–Crippen MR) is 75.3 cm³/mol. The van der Waals surface area contributed by atoms with Crippen LogP contribution in [-0.4, -0.2) is 5.91 Å². The van der Waals surface area contributed by atoms with Gasteiger partial charge in [-0.25, -0.2) is 0 Å². The minimum atomic E-state index is -4.41. The van der Waals surface area contributed by atoms with E-state index in [9.17, 15) is 18.0 Å². The zero-order valence-electron chi connectivity index (χ0n) is 10.5. The molecule has 110 valence electrons. The fraction of sp³-hybridized carbons (Fsp3) is 0.0714. The van der Waals surface area contributed by atoms with Crippen LogP contribution >= 0.6 is 11.6 Å². The molecule has 0 aromatic heterocycles. The van der Waals surface area contributed by atoms with Crippen molar-refractivity contribution < 1.29 is 18.0 Å². The van der Waals surface area contributed by atoms with Crippen LogP contribution in [0, 0.1) is 0 Å². The number of nitrogens with one attached hydrogen (secondary N) is 1. The molecule has 0 atom stereocenters. The summed E-state index contributed by atoms with van der Waals surface area (Å²) < 4.78 is 37.3. The molecule has 0 unspecified atom stereocenters. The van der Waals surface area contributed by atoms with Gasteiger partial charge < -0.3 is 11.1 Å². The third-order valence-electron chi connectivity index (χ3n) is 2.65. The molecule has 0 aliphatic heterocycles. The van der Waals surface area contributed by atoms with Gasteiger partial charge in [0, 0.05) is 22.0 Å². The van der Waals surface area contributed by atoms with E-state index in [1.807, 2.05) is 0 Å². The number of alkyl halides is 3. The molecule has 0 saturated heterocycles. The van der Waals surface area contributed by atoms with Crippen LogP contribution in [0.2, 0.25) is 5.02 Å². The zero-order valence-corrected chi connectivity index (χ0v) is 11.3. The van der Waals surface area contributed by atoms with Gasteiger partial charge in [0.2, 0.25) is 0 Å². The van der Waals surface area contributed by atoms with Gasteiger partial charge in [-0.15, -0.1) is 0 Å². The standard InChI is InChI=1S/C14H10ClF3N2O/c15-10-5-8(6-11(19)7-10)13(21)20-12-3-1-9(2-4-12)14(16,17)18/h1-7H,19H2,(H,20,21). The van der Waals surface area contributed by atoms with E-state index in [1.165, 1.54) is 30.3 Å². The summed E-state index contributed by atoms with van der Waals surface area (Å²) in [5, 5.41) is 2.77. The average Bonchev–Trinajstić information content (AvgIpc) is 2.37. The van der Waals surface area contributed by atoms with Crippen LogP contribution in [0.4, 0.5) is 24.5 Å². The Morgan fingerprint density at radius 1 is 1.10 bits per heavy atom. The van der Waals surface area contributed by atoms with E-state index in [-0.39, 0.29) is 11.3 Å². The van der Waals surface area contributed by atoms with E-state index in [1.54, 1.807) is 0 Å². The molecule has 0 heterocycles. The van der Waals surface area contributed by atoms with Gasteiger partial charge in [0.1, 0.15) is 0 Å². The fourth-order valence-corrected chi connectivity index (χ4v) is 1.93. The molecule has 3 nitrogen and oxygen atoms in total. The highest BCUT2D eigenvalue weighted by atomic mass is 35.5. The van der Waals surface area contributed by atoms with E-state index in [0.29, 0.717) is 10.7 Å². The van der Waals surface area contributed by atoms with Gasteiger partial charge in [-0.3, -0.25) is 4.79 Å². The first kappa shape index (κ1) is 15.2. The molecule has 1 amide bonds. The Labute approximate surface area is 123 Å². The summed E-state index contributed by atoms with van der Waals surface area (Å²) in [6.07, 6.45) is -4.41. The number of amides is 1. The third kappa shape index (κ3) is 3.88. The molecular weight excluding hydrogens is 305 g/mol. The summed E-state index contributed by atoms with van der Waals surface area (Å²) in [7, 11) is 0. The SMILES string of the molecule is Nc1cc(Cl)cc(C(=O)Nc2ccc(C(F)(F)F)cc2)c1. The first-order valence-electron chi connectivity index (χ1n) is 5.80. The third-order valence-corrected chi connectivity index (χ3v) is 2.87. The molecule has 0 saturated carbocycles. The summed E-state index contributed by atoms with van der Waals surface area (Å²) in [4.78, 5) is 12.0. The number of rotatable bonds is 2. The number of nitrogens with two attached hydrogens (primary N) is 1. The number of carbonyl (C=O) groups is 1. The number of halogens is 4. The maximum absolute atomic E-state index is 12.4. The van der Waals surface area contributed by atoms with Crippen molar-refractivity contribution in [2.75, 3.05) is 11.1 Å². The van der Waals surface area contributed by atoms with Gasteiger partial charge in [-0.2, -0.15) is 13.2 Å². The van der Waals surface area contributed by atoms with Crippen molar-refractivity contribution in [3.63, 3.8) is 0 Å². The van der Waals surface area contributed by atoms with E-state index in [2.05, 4.69) is 5.32 Å². The molecule has 2 rings (SSSR count). The first-order valence-corrected chi connectivity index (χ1v) is 6.18.